The molecule has 0 unspecified atom stereocenters. The van der Waals surface area contributed by atoms with E-state index in [1.165, 1.54) is 0 Å². The first kappa shape index (κ1) is 13.2. The monoisotopic (exact) mass is 342 g/mol. The first-order valence-corrected chi connectivity index (χ1v) is 9.87. The molecule has 0 aromatic heterocycles. The average Bonchev–Trinajstić information content (AvgIpc) is 1.25. The van der Waals surface area contributed by atoms with Crippen LogP contribution in [0.2, 0.25) is 0 Å². The third-order valence-electron chi connectivity index (χ3n) is 0. The van der Waals surface area contributed by atoms with Crippen LogP contribution in [0.1, 0.15) is 0 Å². The topological polar surface area (TPSA) is 23.1 Å². The maximum Gasteiger partial charge on any atom is 0.244 e. The van der Waals surface area contributed by atoms with Crippen LogP contribution in [-0.2, 0) is 8.04 Å². The Hall–Kier alpha value is 2.57. The van der Waals surface area contributed by atoms with E-state index >= 15 is 0 Å². The zero-order valence-corrected chi connectivity index (χ0v) is 10.3. The minimum absolute atomic E-state index is 0.986. The molecule has 0 saturated heterocycles. The van der Waals surface area contributed by atoms with Gasteiger partial charge in [0.25, 0.3) is 0 Å². The summed E-state index contributed by atoms with van der Waals surface area (Å²) in [6, 6.07) is 0. The summed E-state index contributed by atoms with van der Waals surface area (Å²) >= 11 is 19.9. The third-order valence-corrected chi connectivity index (χ3v) is 0. The van der Waals surface area contributed by atoms with Crippen LogP contribution in [0.15, 0.2) is 0 Å². The highest BCUT2D eigenvalue weighted by atomic mass is 79.9. The number of rotatable bonds is 0. The van der Waals surface area contributed by atoms with Crippen molar-refractivity contribution in [2.24, 2.45) is 0 Å². The molecule has 1 nitrogen and oxygen atoms in total. The van der Waals surface area contributed by atoms with Crippen LogP contribution >= 0.6 is 69.3 Å². The van der Waals surface area contributed by atoms with E-state index in [0.29, 0.717) is 0 Å². The van der Waals surface area contributed by atoms with Crippen LogP contribution in [0.25, 0.3) is 0 Å². The molecule has 0 radical (unpaired) electrons. The second-order valence-corrected chi connectivity index (χ2v) is 11.9. The van der Waals surface area contributed by atoms with Gasteiger partial charge in [0.2, 0.25) is 29.6 Å². The van der Waals surface area contributed by atoms with Crippen LogP contribution in [-0.4, -0.2) is 4.55 Å². The smallest absolute Gasteiger partial charge is 0.244 e. The van der Waals surface area contributed by atoms with Crippen LogP contribution in [0, 0.1) is 0 Å². The lowest BCUT2D eigenvalue weighted by Crippen LogP contribution is -1.60. The molecule has 0 aliphatic rings. The molecule has 0 N–H and O–H groups in total. The van der Waals surface area contributed by atoms with Crippen molar-refractivity contribution in [2.45, 2.75) is 0 Å². The van der Waals surface area contributed by atoms with Crippen LogP contribution in [0.4, 0.5) is 0 Å². The third kappa shape index (κ3) is 74.4. The SMILES string of the molecule is ClP(Cl)Cl.[O-][S+](Br)Br. The van der Waals surface area contributed by atoms with Gasteiger partial charge in [-0.3, -0.25) is 0 Å². The fourth-order valence-electron chi connectivity index (χ4n) is 0. The highest BCUT2D eigenvalue weighted by molar-refractivity contribution is 9.79. The van der Waals surface area contributed by atoms with Gasteiger partial charge in [-0.2, -0.15) is 0 Å². The molecule has 0 heterocycles. The second kappa shape index (κ2) is 9.57. The van der Waals surface area contributed by atoms with E-state index in [1.807, 2.05) is 0 Å². The fourth-order valence-corrected chi connectivity index (χ4v) is 0. The molecule has 0 aromatic rings. The lowest BCUT2D eigenvalue weighted by Gasteiger charge is -1.75. The van der Waals surface area contributed by atoms with E-state index in [0.717, 1.165) is 0 Å². The van der Waals surface area contributed by atoms with Gasteiger partial charge in [-0.15, -0.1) is 0 Å². The largest absolute Gasteiger partial charge is 0.596 e. The van der Waals surface area contributed by atoms with Crippen molar-refractivity contribution < 1.29 is 4.55 Å². The zero-order valence-electron chi connectivity index (χ0n) is 3.15. The summed E-state index contributed by atoms with van der Waals surface area (Å²) in [6.45, 7) is 0. The number of hydrogen-bond acceptors (Lipinski definition) is 1. The van der Waals surface area contributed by atoms with Crippen molar-refractivity contribution in [1.29, 1.82) is 0 Å². The van der Waals surface area contributed by atoms with Gasteiger partial charge in [-0.25, -0.2) is 0 Å². The van der Waals surface area contributed by atoms with Crippen LogP contribution in [0.3, 0.4) is 0 Å². The van der Waals surface area contributed by atoms with E-state index in [4.69, 9.17) is 33.7 Å². The van der Waals surface area contributed by atoms with Gasteiger partial charge in [0, 0.05) is 0 Å². The van der Waals surface area contributed by atoms with Crippen molar-refractivity contribution in [1.82, 2.24) is 0 Å². The molecular weight excluding hydrogens is 345 g/mol. The average molecular weight is 345 g/mol. The first-order valence-electron chi connectivity index (χ1n) is 0.982. The molecule has 0 aromatic carbocycles. The molecule has 0 spiro atoms. The van der Waals surface area contributed by atoms with E-state index in [-0.39, 0.29) is 0 Å². The van der Waals surface area contributed by atoms with E-state index < -0.39 is 14.0 Å². The van der Waals surface area contributed by atoms with Gasteiger partial charge < -0.3 is 4.55 Å². The maximum atomic E-state index is 9.39. The van der Waals surface area contributed by atoms with Crippen LogP contribution in [0.5, 0.6) is 0 Å². The van der Waals surface area contributed by atoms with Crippen molar-refractivity contribution in [3.05, 3.63) is 0 Å². The van der Waals surface area contributed by atoms with Gasteiger partial charge in [0.1, 0.15) is 8.04 Å². The van der Waals surface area contributed by atoms with Gasteiger partial charge >= 0.3 is 0 Å². The predicted molar refractivity (Wildman–Crippen MR) is 50.5 cm³/mol. The molecule has 0 atom stereocenters. The van der Waals surface area contributed by atoms with Crippen molar-refractivity contribution in [3.8, 4) is 0 Å². The molecule has 0 fully saturated rings. The summed E-state index contributed by atoms with van der Waals surface area (Å²) in [6.07, 6.45) is 0. The molecule has 8 heteroatoms. The Morgan fingerprint density at radius 2 is 1.25 bits per heavy atom. The minimum atomic E-state index is -1.20. The van der Waals surface area contributed by atoms with Crippen LogP contribution < -0.4 is 0 Å². The standard InChI is InChI=1S/Br2OS.Cl3P/c2*1-4(2)3. The Kier molecular flexibility index (Phi) is 15.8. The van der Waals surface area contributed by atoms with Gasteiger partial charge in [0.15, 0.2) is 5.98 Å². The quantitative estimate of drug-likeness (QED) is 0.475. The van der Waals surface area contributed by atoms with Gasteiger partial charge in [-0.1, -0.05) is 33.7 Å². The first-order chi connectivity index (χ1) is 3.46. The Labute approximate surface area is 81.1 Å². The Bertz CT molecular complexity index is 32.8. The zero-order chi connectivity index (χ0) is 7.15. The van der Waals surface area contributed by atoms with Crippen molar-refractivity contribution >= 4 is 77.4 Å². The van der Waals surface area contributed by atoms with Crippen molar-refractivity contribution in [3.63, 3.8) is 0 Å². The lowest BCUT2D eigenvalue weighted by atomic mass is 15.9. The number of hydrogen-bond donors (Lipinski definition) is 0. The van der Waals surface area contributed by atoms with E-state index in [1.54, 1.807) is 0 Å². The lowest BCUT2D eigenvalue weighted by molar-refractivity contribution is 0.624. The molecular formula is Br2Cl3OPS. The summed E-state index contributed by atoms with van der Waals surface area (Å²) in [5, 5.41) is 0. The Morgan fingerprint density at radius 1 is 1.25 bits per heavy atom. The highest BCUT2D eigenvalue weighted by Gasteiger charge is 1.81. The molecule has 0 rings (SSSR count). The predicted octanol–water partition coefficient (Wildman–Crippen LogP) is 4.28. The molecule has 0 amide bonds. The maximum absolute atomic E-state index is 9.39. The normalized spacial score (nSPS) is 9.00. The molecule has 8 heavy (non-hydrogen) atoms. The molecule has 0 bridgehead atoms. The summed E-state index contributed by atoms with van der Waals surface area (Å²) < 4.78 is 9.39. The molecule has 0 aliphatic carbocycles. The van der Waals surface area contributed by atoms with E-state index in [9.17, 15) is 4.55 Å². The summed E-state index contributed by atoms with van der Waals surface area (Å²) in [4.78, 5) is 0. The second-order valence-electron chi connectivity index (χ2n) is 0.376. The Morgan fingerprint density at radius 3 is 1.25 bits per heavy atom. The highest BCUT2D eigenvalue weighted by Crippen LogP contribution is 2.51. The molecule has 52 valence electrons. The molecule has 0 aliphatic heterocycles. The van der Waals surface area contributed by atoms with Crippen molar-refractivity contribution in [2.75, 3.05) is 0 Å². The fraction of sp³-hybridized carbons (Fsp3) is 0. The molecule has 0 saturated carbocycles. The minimum Gasteiger partial charge on any atom is -0.596 e. The summed E-state index contributed by atoms with van der Waals surface area (Å²) in [7, 11) is -0.986. The van der Waals surface area contributed by atoms with E-state index in [2.05, 4.69) is 29.6 Å². The van der Waals surface area contributed by atoms with Gasteiger partial charge in [0.05, 0.1) is 0 Å². The summed E-state index contributed by atoms with van der Waals surface area (Å²) in [5.74, 6) is -1.20. The summed E-state index contributed by atoms with van der Waals surface area (Å²) in [5.41, 5.74) is 0. The Balaban J connectivity index is 0. The number of halogens is 5. The van der Waals surface area contributed by atoms with Gasteiger partial charge in [-0.05, 0) is 0 Å².